The SMILES string of the molecule is C=Cc1ccc(C23CC4CC(C2)CC(c2ccc(N(c5cc(CCCCCC)cc(CCCCCC)c5)c5cc(CCCCCC)cc(CCCCCC)c5)cc2)(C4)C3)cc1.C=Cc1ccc(C23CC4CC(C2)CC(c2ccc(N(c5ccc(C)cc5)c5ccc(C)cc5)cc2)(C4)C3)cc1.C=Cc1ccc(C23CC4CC(C2)CC(c2ccc(N(c5ccccc5)c5ccccc5)cc2)(C4)C3)cc1. The van der Waals surface area contributed by atoms with Crippen molar-refractivity contribution in [3.05, 3.63) is 394 Å². The Hall–Kier alpha value is -10.7. The molecule has 0 aromatic heterocycles. The van der Waals surface area contributed by atoms with E-state index in [0.717, 1.165) is 35.5 Å². The maximum absolute atomic E-state index is 4.05. The van der Waals surface area contributed by atoms with Crippen molar-refractivity contribution < 1.29 is 0 Å². The fraction of sp³-hybridized carbons (Fsp3) is 0.418. The highest BCUT2D eigenvalue weighted by Crippen LogP contribution is 2.70. The Labute approximate surface area is 826 Å². The smallest absolute Gasteiger partial charge is 0.0467 e. The minimum Gasteiger partial charge on any atom is -0.311 e. The van der Waals surface area contributed by atoms with Crippen LogP contribution in [0.25, 0.3) is 18.2 Å². The Balaban J connectivity index is 0.000000137. The third-order valence-electron chi connectivity index (χ3n) is 35.2. The number of benzene rings is 12. The van der Waals surface area contributed by atoms with Gasteiger partial charge in [-0.3, -0.25) is 0 Å². The summed E-state index contributed by atoms with van der Waals surface area (Å²) in [7, 11) is 0. The van der Waals surface area contributed by atoms with Gasteiger partial charge in [-0.25, -0.2) is 0 Å². The van der Waals surface area contributed by atoms with Crippen molar-refractivity contribution in [2.45, 2.75) is 318 Å². The number of aryl methyl sites for hydroxylation is 6. The van der Waals surface area contributed by atoms with E-state index >= 15 is 0 Å². The van der Waals surface area contributed by atoms with Gasteiger partial charge in [-0.15, -0.1) is 0 Å². The number of hydrogen-bond acceptors (Lipinski definition) is 3. The summed E-state index contributed by atoms with van der Waals surface area (Å²) < 4.78 is 0. The maximum atomic E-state index is 4.05. The van der Waals surface area contributed by atoms with Crippen LogP contribution in [0.4, 0.5) is 51.2 Å². The van der Waals surface area contributed by atoms with Crippen LogP contribution in [0.1, 0.15) is 329 Å². The molecule has 12 saturated carbocycles. The zero-order valence-electron chi connectivity index (χ0n) is 84.2. The normalized spacial score (nSPS) is 24.7. The van der Waals surface area contributed by atoms with Crippen molar-refractivity contribution in [2.75, 3.05) is 14.7 Å². The molecule has 708 valence electrons. The molecule has 6 unspecified atom stereocenters. The second-order valence-corrected chi connectivity index (χ2v) is 45.3. The molecule has 12 aromatic rings. The molecule has 12 aromatic carbocycles. The monoisotopic (exact) mass is 1810 g/mol. The lowest BCUT2D eigenvalue weighted by molar-refractivity contribution is -0.0282. The summed E-state index contributed by atoms with van der Waals surface area (Å²) in [5.74, 6) is 5.07. The van der Waals surface area contributed by atoms with Crippen LogP contribution in [0.3, 0.4) is 0 Å². The summed E-state index contributed by atoms with van der Waals surface area (Å²) in [5, 5.41) is 0. The molecule has 12 fully saturated rings. The van der Waals surface area contributed by atoms with E-state index in [4.69, 9.17) is 0 Å². The van der Waals surface area contributed by atoms with Gasteiger partial charge in [-0.1, -0.05) is 336 Å². The molecule has 3 heteroatoms. The van der Waals surface area contributed by atoms with Crippen LogP contribution < -0.4 is 14.7 Å². The molecule has 24 rings (SSSR count). The van der Waals surface area contributed by atoms with Crippen LogP contribution >= 0.6 is 0 Å². The van der Waals surface area contributed by atoms with E-state index in [1.807, 2.05) is 18.2 Å². The van der Waals surface area contributed by atoms with Crippen LogP contribution in [-0.2, 0) is 58.2 Å². The zero-order chi connectivity index (χ0) is 94.0. The molecule has 0 amide bonds. The summed E-state index contributed by atoms with van der Waals surface area (Å²) in [6.07, 6.45) is 56.0. The lowest BCUT2D eigenvalue weighted by Gasteiger charge is -2.63. The minimum atomic E-state index is 0.276. The van der Waals surface area contributed by atoms with Crippen LogP contribution in [0, 0.1) is 49.4 Å². The summed E-state index contributed by atoms with van der Waals surface area (Å²) in [6, 6.07) is 112. The maximum Gasteiger partial charge on any atom is 0.0467 e. The molecule has 12 bridgehead atoms. The van der Waals surface area contributed by atoms with Crippen molar-refractivity contribution >= 4 is 69.4 Å². The van der Waals surface area contributed by atoms with Gasteiger partial charge in [0.05, 0.1) is 0 Å². The van der Waals surface area contributed by atoms with Crippen molar-refractivity contribution in [1.29, 1.82) is 0 Å². The first kappa shape index (κ1) is 95.2. The number of nitrogens with zero attached hydrogens (tertiary/aromatic N) is 3. The van der Waals surface area contributed by atoms with Gasteiger partial charge in [-0.05, 0) is 430 Å². The minimum absolute atomic E-state index is 0.276. The quantitative estimate of drug-likeness (QED) is 0.0357. The van der Waals surface area contributed by atoms with Gasteiger partial charge in [-0.2, -0.15) is 0 Å². The molecular formula is C134H157N3. The van der Waals surface area contributed by atoms with Gasteiger partial charge in [0.1, 0.15) is 0 Å². The number of anilines is 9. The van der Waals surface area contributed by atoms with Crippen molar-refractivity contribution in [3.63, 3.8) is 0 Å². The molecule has 12 aliphatic carbocycles. The van der Waals surface area contributed by atoms with Crippen LogP contribution in [0.15, 0.2) is 311 Å². The van der Waals surface area contributed by atoms with Gasteiger partial charge >= 0.3 is 0 Å². The van der Waals surface area contributed by atoms with Crippen LogP contribution in [0.5, 0.6) is 0 Å². The Kier molecular flexibility index (Phi) is 29.5. The molecule has 0 N–H and O–H groups in total. The molecule has 0 aliphatic heterocycles. The number of rotatable bonds is 38. The highest BCUT2D eigenvalue weighted by molar-refractivity contribution is 5.81. The van der Waals surface area contributed by atoms with E-state index in [2.05, 4.69) is 367 Å². The molecule has 0 spiro atoms. The lowest BCUT2D eigenvalue weighted by atomic mass is 9.41. The topological polar surface area (TPSA) is 9.72 Å². The molecule has 0 radical (unpaired) electrons. The van der Waals surface area contributed by atoms with E-state index in [9.17, 15) is 0 Å². The number of unbranched alkanes of at least 4 members (excludes halogenated alkanes) is 12. The van der Waals surface area contributed by atoms with Gasteiger partial charge in [0.25, 0.3) is 0 Å². The van der Waals surface area contributed by atoms with Crippen LogP contribution in [-0.4, -0.2) is 0 Å². The summed E-state index contributed by atoms with van der Waals surface area (Å²) >= 11 is 0. The third-order valence-corrected chi connectivity index (χ3v) is 35.2. The molecule has 137 heavy (non-hydrogen) atoms. The summed E-state index contributed by atoms with van der Waals surface area (Å²) in [4.78, 5) is 7.44. The van der Waals surface area contributed by atoms with Crippen LogP contribution in [0.2, 0.25) is 0 Å². The fourth-order valence-electron chi connectivity index (χ4n) is 29.9. The van der Waals surface area contributed by atoms with Crippen molar-refractivity contribution in [1.82, 2.24) is 0 Å². The predicted molar refractivity (Wildman–Crippen MR) is 588 cm³/mol. The highest BCUT2D eigenvalue weighted by Gasteiger charge is 2.62. The van der Waals surface area contributed by atoms with Gasteiger partial charge in [0.15, 0.2) is 0 Å². The number of para-hydroxylation sites is 2. The molecule has 0 heterocycles. The lowest BCUT2D eigenvalue weighted by Crippen LogP contribution is -2.55. The van der Waals surface area contributed by atoms with Crippen molar-refractivity contribution in [3.8, 4) is 0 Å². The number of hydrogen-bond donors (Lipinski definition) is 0. The van der Waals surface area contributed by atoms with E-state index in [1.54, 1.807) is 33.4 Å². The summed E-state index contributed by atoms with van der Waals surface area (Å²) in [6.45, 7) is 25.6. The third kappa shape index (κ3) is 21.0. The highest BCUT2D eigenvalue weighted by atomic mass is 15.2. The molecule has 6 atom stereocenters. The predicted octanol–water partition coefficient (Wildman–Crippen LogP) is 37.9. The van der Waals surface area contributed by atoms with E-state index in [-0.39, 0.29) is 5.41 Å². The Bertz CT molecular complexity index is 5720. The van der Waals surface area contributed by atoms with Crippen molar-refractivity contribution in [2.24, 2.45) is 35.5 Å². The average molecular weight is 1810 g/mol. The molecule has 3 nitrogen and oxygen atoms in total. The fourth-order valence-corrected chi connectivity index (χ4v) is 29.9. The van der Waals surface area contributed by atoms with Gasteiger partial charge in [0.2, 0.25) is 0 Å². The second kappa shape index (κ2) is 42.5. The Morgan fingerprint density at radius 3 is 0.635 bits per heavy atom. The zero-order valence-corrected chi connectivity index (χ0v) is 84.2. The first-order valence-electron chi connectivity index (χ1n) is 54.4. The Morgan fingerprint density at radius 1 is 0.226 bits per heavy atom. The Morgan fingerprint density at radius 2 is 0.423 bits per heavy atom. The molecular weight excluding hydrogens is 1650 g/mol. The summed E-state index contributed by atoms with van der Waals surface area (Å²) in [5.41, 5.74) is 34.9. The average Bonchev–Trinajstić information content (AvgIpc) is 0.712. The first-order chi connectivity index (χ1) is 67.0. The van der Waals surface area contributed by atoms with Gasteiger partial charge < -0.3 is 14.7 Å². The standard InChI is InChI=1S/C60H83N.C38H39N.C36H35N/c1-6-11-15-19-23-48-35-49(24-20-16-12-7-2)39-57(38-48)61(58-40-50(25-21-17-13-8-3)36-51(41-58)26-22-18-14-9-4)56-33-31-55(32-34-56)60-44-52-37-53(45-60)43-59(42-52,46-60)54-29-27-47(10-5)28-30-54;1-4-29-9-11-32(12-10-29)37-22-30-21-31(23-37)25-38(24-30,26-37)33-13-19-36(20-14-33)39(34-15-5-27(2)6-16-34)35-17-7-28(3)8-18-35;1-2-27-13-15-30(16-14-27)35-22-28-21-29(23-35)25-36(24-28,26-35)31-17-19-34(20-18-31)37(32-9-5-3-6-10-32)33-11-7-4-8-12-33/h10,27-36,38-41,52-53H,5-9,11-26,37,42-46H2,1-4H3;4-20,30-31H,1,21-26H2,2-3H3;2-20,28-29H,1,21-26H2. The largest absolute Gasteiger partial charge is 0.311 e. The van der Waals surface area contributed by atoms with E-state index in [0.29, 0.717) is 27.1 Å². The molecule has 0 saturated heterocycles. The van der Waals surface area contributed by atoms with Gasteiger partial charge in [0, 0.05) is 51.2 Å². The first-order valence-corrected chi connectivity index (χ1v) is 54.4. The van der Waals surface area contributed by atoms with E-state index in [1.165, 1.54) is 345 Å². The second-order valence-electron chi connectivity index (χ2n) is 45.3. The van der Waals surface area contributed by atoms with E-state index < -0.39 is 0 Å². The molecule has 12 aliphatic rings.